The molecule has 9 heteroatoms. The summed E-state index contributed by atoms with van der Waals surface area (Å²) in [4.78, 5) is 28.3. The van der Waals surface area contributed by atoms with Crippen molar-refractivity contribution >= 4 is 39.6 Å². The first-order valence-corrected chi connectivity index (χ1v) is 10.2. The van der Waals surface area contributed by atoms with E-state index in [4.69, 9.17) is 16.6 Å². The van der Waals surface area contributed by atoms with Gasteiger partial charge >= 0.3 is 5.97 Å². The van der Waals surface area contributed by atoms with Crippen molar-refractivity contribution in [3.63, 3.8) is 0 Å². The molecule has 2 N–H and O–H groups in total. The number of H-pyrrole nitrogens is 1. The summed E-state index contributed by atoms with van der Waals surface area (Å²) in [5.41, 5.74) is 0.816. The highest BCUT2D eigenvalue weighted by Gasteiger charge is 2.44. The van der Waals surface area contributed by atoms with E-state index in [1.165, 1.54) is 6.07 Å². The van der Waals surface area contributed by atoms with E-state index < -0.39 is 17.2 Å². The zero-order chi connectivity index (χ0) is 21.0. The molecule has 0 bridgehead atoms. The number of halogens is 2. The first-order chi connectivity index (χ1) is 14.4. The third-order valence-corrected chi connectivity index (χ3v) is 6.55. The number of pyridine rings is 1. The fourth-order valence-electron chi connectivity index (χ4n) is 4.53. The van der Waals surface area contributed by atoms with Gasteiger partial charge in [0.05, 0.1) is 28.1 Å². The zero-order valence-electron chi connectivity index (χ0n) is 16.2. The average molecular weight is 428 g/mol. The number of nitrogens with zero attached hydrogens (tertiary/aromatic N) is 4. The van der Waals surface area contributed by atoms with Crippen molar-refractivity contribution in [3.8, 4) is 11.4 Å². The van der Waals surface area contributed by atoms with E-state index >= 15 is 0 Å². The van der Waals surface area contributed by atoms with Crippen LogP contribution >= 0.6 is 11.6 Å². The summed E-state index contributed by atoms with van der Waals surface area (Å²) in [5, 5.41) is 11.6. The lowest BCUT2D eigenvalue weighted by Crippen LogP contribution is -2.39. The molecule has 1 aliphatic carbocycles. The summed E-state index contributed by atoms with van der Waals surface area (Å²) in [7, 11) is 0. The van der Waals surface area contributed by atoms with Crippen LogP contribution in [0.4, 0.5) is 4.39 Å². The van der Waals surface area contributed by atoms with Gasteiger partial charge in [-0.2, -0.15) is 0 Å². The first kappa shape index (κ1) is 19.0. The molecule has 4 aromatic rings. The molecule has 154 valence electrons. The third kappa shape index (κ3) is 2.78. The molecule has 7 nitrogen and oxygen atoms in total. The maximum atomic E-state index is 13.7. The second-order valence-corrected chi connectivity index (χ2v) is 8.46. The Hall–Kier alpha value is -3.00. The predicted octanol–water partition coefficient (Wildman–Crippen LogP) is 4.97. The van der Waals surface area contributed by atoms with Crippen LogP contribution < -0.4 is 0 Å². The number of fused-ring (bicyclic) bond motifs is 2. The molecule has 1 aliphatic rings. The normalized spacial score (nSPS) is 22.0. The SMILES string of the molecule is C[C@@]1(C(=O)O)CCCC[C@@H]1n1cc(Cl)c2cnc(-c3c[nH]c4ncc(F)cc34)nc21. The Morgan fingerprint density at radius 1 is 1.33 bits per heavy atom. The maximum Gasteiger partial charge on any atom is 0.311 e. The van der Waals surface area contributed by atoms with Gasteiger partial charge in [0, 0.05) is 29.5 Å². The lowest BCUT2D eigenvalue weighted by Gasteiger charge is -2.39. The van der Waals surface area contributed by atoms with Crippen LogP contribution in [0.1, 0.15) is 38.6 Å². The second kappa shape index (κ2) is 6.77. The standard InChI is InChI=1S/C21H19ClFN5O2/c1-21(20(29)30)5-3-2-4-16(21)28-10-15(22)14-9-26-18(27-19(14)28)13-8-25-17-12(13)6-11(23)7-24-17/h6-10,16H,2-5H2,1H3,(H,24,25)(H,29,30)/t16-,21+/m0/s1. The lowest BCUT2D eigenvalue weighted by molar-refractivity contribution is -0.152. The van der Waals surface area contributed by atoms with Crippen molar-refractivity contribution in [3.05, 3.63) is 41.7 Å². The van der Waals surface area contributed by atoms with E-state index in [2.05, 4.69) is 15.0 Å². The van der Waals surface area contributed by atoms with Gasteiger partial charge in [-0.05, 0) is 25.8 Å². The van der Waals surface area contributed by atoms with Crippen LogP contribution in [0.25, 0.3) is 33.5 Å². The van der Waals surface area contributed by atoms with Crippen LogP contribution in [0.3, 0.4) is 0 Å². The molecule has 0 unspecified atom stereocenters. The number of aromatic amines is 1. The molecule has 4 aromatic heterocycles. The molecule has 4 heterocycles. The van der Waals surface area contributed by atoms with E-state index in [0.29, 0.717) is 44.9 Å². The van der Waals surface area contributed by atoms with E-state index in [1.54, 1.807) is 25.5 Å². The van der Waals surface area contributed by atoms with Crippen molar-refractivity contribution < 1.29 is 14.3 Å². The minimum Gasteiger partial charge on any atom is -0.481 e. The smallest absolute Gasteiger partial charge is 0.311 e. The van der Waals surface area contributed by atoms with E-state index in [1.807, 2.05) is 4.57 Å². The second-order valence-electron chi connectivity index (χ2n) is 8.05. The van der Waals surface area contributed by atoms with Crippen LogP contribution in [0.5, 0.6) is 0 Å². The number of nitrogens with one attached hydrogen (secondary N) is 1. The van der Waals surface area contributed by atoms with Crippen molar-refractivity contribution in [2.75, 3.05) is 0 Å². The zero-order valence-corrected chi connectivity index (χ0v) is 16.9. The number of hydrogen-bond acceptors (Lipinski definition) is 4. The number of carboxylic acid groups (broad SMARTS) is 1. The Morgan fingerprint density at radius 2 is 2.17 bits per heavy atom. The van der Waals surface area contributed by atoms with Gasteiger partial charge in [-0.1, -0.05) is 24.4 Å². The molecule has 0 radical (unpaired) electrons. The molecule has 2 atom stereocenters. The summed E-state index contributed by atoms with van der Waals surface area (Å²) < 4.78 is 15.6. The van der Waals surface area contributed by atoms with Gasteiger partial charge in [-0.25, -0.2) is 19.3 Å². The number of rotatable bonds is 3. The number of carbonyl (C=O) groups is 1. The van der Waals surface area contributed by atoms with Crippen molar-refractivity contribution in [2.45, 2.75) is 38.6 Å². The third-order valence-electron chi connectivity index (χ3n) is 6.25. The summed E-state index contributed by atoms with van der Waals surface area (Å²) in [6.45, 7) is 1.79. The Labute approximate surface area is 175 Å². The van der Waals surface area contributed by atoms with Gasteiger partial charge in [0.2, 0.25) is 0 Å². The largest absolute Gasteiger partial charge is 0.481 e. The van der Waals surface area contributed by atoms with Gasteiger partial charge in [0.25, 0.3) is 0 Å². The van der Waals surface area contributed by atoms with Crippen molar-refractivity contribution in [2.24, 2.45) is 5.41 Å². The molecule has 0 saturated heterocycles. The van der Waals surface area contributed by atoms with Crippen LogP contribution in [-0.4, -0.2) is 35.6 Å². The average Bonchev–Trinajstić information content (AvgIpc) is 3.28. The summed E-state index contributed by atoms with van der Waals surface area (Å²) >= 11 is 6.45. The highest BCUT2D eigenvalue weighted by molar-refractivity contribution is 6.35. The molecule has 0 aromatic carbocycles. The Kier molecular flexibility index (Phi) is 4.28. The van der Waals surface area contributed by atoms with E-state index in [-0.39, 0.29) is 6.04 Å². The Bertz CT molecular complexity index is 1300. The fourth-order valence-corrected chi connectivity index (χ4v) is 4.77. The van der Waals surface area contributed by atoms with Crippen LogP contribution in [-0.2, 0) is 4.79 Å². The molecular formula is C21H19ClFN5O2. The van der Waals surface area contributed by atoms with Crippen molar-refractivity contribution in [1.82, 2.24) is 24.5 Å². The highest BCUT2D eigenvalue weighted by Crippen LogP contribution is 2.46. The van der Waals surface area contributed by atoms with Gasteiger partial charge in [-0.3, -0.25) is 4.79 Å². The molecular weight excluding hydrogens is 409 g/mol. The van der Waals surface area contributed by atoms with Crippen LogP contribution in [0.15, 0.2) is 30.9 Å². The van der Waals surface area contributed by atoms with Crippen molar-refractivity contribution in [1.29, 1.82) is 0 Å². The topological polar surface area (TPSA) is 96.7 Å². The number of carboxylic acids is 1. The minimum absolute atomic E-state index is 0.274. The number of hydrogen-bond donors (Lipinski definition) is 2. The monoisotopic (exact) mass is 427 g/mol. The fraction of sp³-hybridized carbons (Fsp3) is 0.333. The predicted molar refractivity (Wildman–Crippen MR) is 111 cm³/mol. The molecule has 5 rings (SSSR count). The Balaban J connectivity index is 1.70. The molecule has 30 heavy (non-hydrogen) atoms. The van der Waals surface area contributed by atoms with Gasteiger partial charge in [0.15, 0.2) is 5.82 Å². The molecule has 0 spiro atoms. The first-order valence-electron chi connectivity index (χ1n) is 9.78. The molecule has 0 aliphatic heterocycles. The van der Waals surface area contributed by atoms with E-state index in [0.717, 1.165) is 25.5 Å². The highest BCUT2D eigenvalue weighted by atomic mass is 35.5. The van der Waals surface area contributed by atoms with Gasteiger partial charge < -0.3 is 14.7 Å². The van der Waals surface area contributed by atoms with E-state index in [9.17, 15) is 14.3 Å². The lowest BCUT2D eigenvalue weighted by atomic mass is 9.71. The number of aliphatic carboxylic acids is 1. The van der Waals surface area contributed by atoms with Crippen LogP contribution in [0, 0.1) is 11.2 Å². The minimum atomic E-state index is -0.910. The Morgan fingerprint density at radius 3 is 2.97 bits per heavy atom. The molecule has 1 fully saturated rings. The molecule has 0 amide bonds. The summed E-state index contributed by atoms with van der Waals surface area (Å²) in [5.74, 6) is -0.877. The van der Waals surface area contributed by atoms with Gasteiger partial charge in [0.1, 0.15) is 17.1 Å². The summed E-state index contributed by atoms with van der Waals surface area (Å²) in [6.07, 6.45) is 9.35. The quantitative estimate of drug-likeness (QED) is 0.481. The van der Waals surface area contributed by atoms with Gasteiger partial charge in [-0.15, -0.1) is 0 Å². The maximum absolute atomic E-state index is 13.7. The van der Waals surface area contributed by atoms with Crippen LogP contribution in [0.2, 0.25) is 5.02 Å². The summed E-state index contributed by atoms with van der Waals surface area (Å²) in [6, 6.07) is 1.11. The molecule has 1 saturated carbocycles. The number of aromatic nitrogens is 5.